The average Bonchev–Trinajstić information content (AvgIpc) is 2.28. The Morgan fingerprint density at radius 3 is 2.65 bits per heavy atom. The number of aromatic nitrogens is 2. The number of anilines is 1. The molecule has 0 fully saturated rings. The van der Waals surface area contributed by atoms with Crippen LogP contribution in [0.3, 0.4) is 0 Å². The van der Waals surface area contributed by atoms with Crippen molar-refractivity contribution in [2.45, 2.75) is 19.8 Å². The minimum atomic E-state index is -0.463. The molecule has 0 saturated heterocycles. The van der Waals surface area contributed by atoms with Gasteiger partial charge in [-0.2, -0.15) is 0 Å². The first-order valence-electron chi connectivity index (χ1n) is 5.20. The van der Waals surface area contributed by atoms with Crippen molar-refractivity contribution in [3.8, 4) is 0 Å². The van der Waals surface area contributed by atoms with Crippen LogP contribution < -0.4 is 5.73 Å². The number of nitro groups is 1. The highest BCUT2D eigenvalue weighted by Crippen LogP contribution is 2.24. The van der Waals surface area contributed by atoms with Gasteiger partial charge >= 0.3 is 0 Å². The Morgan fingerprint density at radius 2 is 2.06 bits per heavy atom. The number of hydrogen-bond acceptors (Lipinski definition) is 5. The maximum atomic E-state index is 10.7. The van der Waals surface area contributed by atoms with Gasteiger partial charge in [0.2, 0.25) is 0 Å². The van der Waals surface area contributed by atoms with E-state index in [1.165, 1.54) is 12.1 Å². The summed E-state index contributed by atoms with van der Waals surface area (Å²) < 4.78 is 0. The summed E-state index contributed by atoms with van der Waals surface area (Å²) in [6, 6.07) is 4.41. The van der Waals surface area contributed by atoms with Crippen LogP contribution in [0.5, 0.6) is 0 Å². The molecule has 1 aromatic heterocycles. The second kappa shape index (κ2) is 3.97. The van der Waals surface area contributed by atoms with E-state index >= 15 is 0 Å². The van der Waals surface area contributed by atoms with Gasteiger partial charge in [-0.05, 0) is 6.07 Å². The Hall–Kier alpha value is -2.24. The molecule has 0 radical (unpaired) electrons. The molecular formula is C11H12N4O2. The number of nitro benzene ring substituents is 1. The molecular weight excluding hydrogens is 220 g/mol. The summed E-state index contributed by atoms with van der Waals surface area (Å²) in [5, 5.41) is 11.2. The topological polar surface area (TPSA) is 94.9 Å². The molecule has 88 valence electrons. The fourth-order valence-electron chi connectivity index (χ4n) is 1.53. The molecule has 0 spiro atoms. The standard InChI is InChI=1S/C11H12N4O2/c1-6(2)11-13-9-4-3-7(15(16)17)5-8(9)10(12)14-11/h3-6H,1-2H3,(H2,12,13,14). The zero-order chi connectivity index (χ0) is 12.6. The Morgan fingerprint density at radius 1 is 1.35 bits per heavy atom. The summed E-state index contributed by atoms with van der Waals surface area (Å²) in [6.45, 7) is 3.93. The molecule has 2 N–H and O–H groups in total. The van der Waals surface area contributed by atoms with Gasteiger partial charge < -0.3 is 5.73 Å². The highest BCUT2D eigenvalue weighted by molar-refractivity contribution is 5.89. The molecule has 1 heterocycles. The van der Waals surface area contributed by atoms with Gasteiger partial charge in [-0.25, -0.2) is 9.97 Å². The third-order valence-corrected chi connectivity index (χ3v) is 2.45. The first-order chi connectivity index (χ1) is 7.99. The van der Waals surface area contributed by atoms with Gasteiger partial charge in [-0.3, -0.25) is 10.1 Å². The molecule has 0 amide bonds. The van der Waals surface area contributed by atoms with Gasteiger partial charge in [0, 0.05) is 23.4 Å². The Labute approximate surface area is 97.6 Å². The Balaban J connectivity index is 2.68. The third-order valence-electron chi connectivity index (χ3n) is 2.45. The molecule has 0 unspecified atom stereocenters. The lowest BCUT2D eigenvalue weighted by Crippen LogP contribution is -2.03. The van der Waals surface area contributed by atoms with Gasteiger partial charge in [0.25, 0.3) is 5.69 Å². The molecule has 0 aliphatic heterocycles. The molecule has 2 aromatic rings. The molecule has 2 rings (SSSR count). The number of fused-ring (bicyclic) bond motifs is 1. The van der Waals surface area contributed by atoms with E-state index in [1.807, 2.05) is 13.8 Å². The van der Waals surface area contributed by atoms with Crippen molar-refractivity contribution < 1.29 is 4.92 Å². The number of benzene rings is 1. The van der Waals surface area contributed by atoms with E-state index in [1.54, 1.807) is 6.07 Å². The molecule has 0 saturated carbocycles. The summed E-state index contributed by atoms with van der Waals surface area (Å²) in [6.07, 6.45) is 0. The maximum absolute atomic E-state index is 10.7. The van der Waals surface area contributed by atoms with Crippen molar-refractivity contribution in [1.29, 1.82) is 0 Å². The molecule has 0 aliphatic carbocycles. The number of non-ortho nitro benzene ring substituents is 1. The Kier molecular flexibility index (Phi) is 2.63. The van der Waals surface area contributed by atoms with E-state index in [0.29, 0.717) is 16.7 Å². The summed E-state index contributed by atoms with van der Waals surface area (Å²) >= 11 is 0. The number of rotatable bonds is 2. The van der Waals surface area contributed by atoms with Crippen LogP contribution in [0.4, 0.5) is 11.5 Å². The lowest BCUT2D eigenvalue weighted by molar-refractivity contribution is -0.384. The second-order valence-corrected chi connectivity index (χ2v) is 4.08. The highest BCUT2D eigenvalue weighted by atomic mass is 16.6. The van der Waals surface area contributed by atoms with Crippen molar-refractivity contribution in [3.05, 3.63) is 34.1 Å². The number of hydrogen-bond donors (Lipinski definition) is 1. The quantitative estimate of drug-likeness (QED) is 0.632. The van der Waals surface area contributed by atoms with E-state index in [0.717, 1.165) is 0 Å². The first kappa shape index (κ1) is 11.3. The molecule has 17 heavy (non-hydrogen) atoms. The van der Waals surface area contributed by atoms with Crippen molar-refractivity contribution in [1.82, 2.24) is 9.97 Å². The molecule has 0 atom stereocenters. The van der Waals surface area contributed by atoms with Crippen LogP contribution in [-0.4, -0.2) is 14.9 Å². The van der Waals surface area contributed by atoms with Crippen LogP contribution in [0, 0.1) is 10.1 Å². The predicted molar refractivity (Wildman–Crippen MR) is 64.7 cm³/mol. The van der Waals surface area contributed by atoms with Gasteiger partial charge in [0.1, 0.15) is 11.6 Å². The van der Waals surface area contributed by atoms with Crippen LogP contribution >= 0.6 is 0 Å². The van der Waals surface area contributed by atoms with Crippen molar-refractivity contribution >= 4 is 22.4 Å². The molecule has 6 nitrogen and oxygen atoms in total. The summed E-state index contributed by atoms with van der Waals surface area (Å²) in [4.78, 5) is 18.7. The normalized spacial score (nSPS) is 11.0. The van der Waals surface area contributed by atoms with Gasteiger partial charge in [-0.1, -0.05) is 13.8 Å². The van der Waals surface area contributed by atoms with Crippen molar-refractivity contribution in [2.24, 2.45) is 0 Å². The van der Waals surface area contributed by atoms with Crippen LogP contribution in [0.1, 0.15) is 25.6 Å². The van der Waals surface area contributed by atoms with Gasteiger partial charge in [0.15, 0.2) is 0 Å². The second-order valence-electron chi connectivity index (χ2n) is 4.08. The average molecular weight is 232 g/mol. The largest absolute Gasteiger partial charge is 0.383 e. The smallest absolute Gasteiger partial charge is 0.270 e. The molecule has 0 aliphatic rings. The summed E-state index contributed by atoms with van der Waals surface area (Å²) in [5.41, 5.74) is 6.41. The first-order valence-corrected chi connectivity index (χ1v) is 5.20. The lowest BCUT2D eigenvalue weighted by Gasteiger charge is -2.07. The molecule has 0 bridgehead atoms. The summed E-state index contributed by atoms with van der Waals surface area (Å²) in [5.74, 6) is 1.09. The van der Waals surface area contributed by atoms with Crippen molar-refractivity contribution in [3.63, 3.8) is 0 Å². The monoisotopic (exact) mass is 232 g/mol. The Bertz CT molecular complexity index is 595. The minimum absolute atomic E-state index is 0.00917. The zero-order valence-electron chi connectivity index (χ0n) is 9.54. The fourth-order valence-corrected chi connectivity index (χ4v) is 1.53. The SMILES string of the molecule is CC(C)c1nc(N)c2cc([N+](=O)[O-])ccc2n1. The number of nitrogens with two attached hydrogens (primary N) is 1. The van der Waals surface area contributed by atoms with E-state index in [4.69, 9.17) is 5.73 Å². The molecule has 6 heteroatoms. The summed E-state index contributed by atoms with van der Waals surface area (Å²) in [7, 11) is 0. The third kappa shape index (κ3) is 2.01. The van der Waals surface area contributed by atoms with Gasteiger partial charge in [0.05, 0.1) is 10.4 Å². The van der Waals surface area contributed by atoms with Crippen LogP contribution in [0.15, 0.2) is 18.2 Å². The lowest BCUT2D eigenvalue weighted by atomic mass is 10.1. The van der Waals surface area contributed by atoms with E-state index < -0.39 is 4.92 Å². The van der Waals surface area contributed by atoms with Crippen LogP contribution in [0.25, 0.3) is 10.9 Å². The number of nitrogens with zero attached hydrogens (tertiary/aromatic N) is 3. The predicted octanol–water partition coefficient (Wildman–Crippen LogP) is 2.24. The van der Waals surface area contributed by atoms with Crippen LogP contribution in [0.2, 0.25) is 0 Å². The molecule has 1 aromatic carbocycles. The zero-order valence-corrected chi connectivity index (χ0v) is 9.54. The highest BCUT2D eigenvalue weighted by Gasteiger charge is 2.12. The van der Waals surface area contributed by atoms with E-state index in [-0.39, 0.29) is 17.4 Å². The number of nitrogen functional groups attached to an aromatic ring is 1. The van der Waals surface area contributed by atoms with Crippen molar-refractivity contribution in [2.75, 3.05) is 5.73 Å². The van der Waals surface area contributed by atoms with Gasteiger partial charge in [-0.15, -0.1) is 0 Å². The van der Waals surface area contributed by atoms with E-state index in [2.05, 4.69) is 9.97 Å². The van der Waals surface area contributed by atoms with E-state index in [9.17, 15) is 10.1 Å². The fraction of sp³-hybridized carbons (Fsp3) is 0.273. The maximum Gasteiger partial charge on any atom is 0.270 e. The minimum Gasteiger partial charge on any atom is -0.383 e. The van der Waals surface area contributed by atoms with Crippen LogP contribution in [-0.2, 0) is 0 Å².